The van der Waals surface area contributed by atoms with Crippen molar-refractivity contribution >= 4 is 11.9 Å². The number of carbonyl (C=O) groups is 2. The van der Waals surface area contributed by atoms with Gasteiger partial charge in [-0.25, -0.2) is 0 Å². The summed E-state index contributed by atoms with van der Waals surface area (Å²) in [6.45, 7) is 0.543. The van der Waals surface area contributed by atoms with Crippen LogP contribution in [-0.4, -0.2) is 48.7 Å². The van der Waals surface area contributed by atoms with Crippen LogP contribution in [0.15, 0.2) is 0 Å². The minimum absolute atomic E-state index is 0.0105. The second kappa shape index (κ2) is 5.26. The number of nitrogens with zero attached hydrogens (tertiary/aromatic N) is 1. The summed E-state index contributed by atoms with van der Waals surface area (Å²) in [6.07, 6.45) is 5.64. The van der Waals surface area contributed by atoms with Crippen molar-refractivity contribution in [1.82, 2.24) is 4.90 Å². The number of amides is 1. The van der Waals surface area contributed by atoms with Crippen LogP contribution in [0.2, 0.25) is 0 Å². The lowest BCUT2D eigenvalue weighted by molar-refractivity contribution is -0.145. The molecular weight excluding hydrogens is 234 g/mol. The second-order valence-electron chi connectivity index (χ2n) is 5.47. The molecule has 0 bridgehead atoms. The molecule has 2 saturated carbocycles. The zero-order valence-corrected chi connectivity index (χ0v) is 10.9. The highest BCUT2D eigenvalue weighted by atomic mass is 16.5. The van der Waals surface area contributed by atoms with Gasteiger partial charge in [-0.15, -0.1) is 0 Å². The molecule has 0 aromatic carbocycles. The number of methoxy groups -OCH3 is 1. The minimum Gasteiger partial charge on any atom is -0.480 e. The summed E-state index contributed by atoms with van der Waals surface area (Å²) in [5, 5.41) is 8.86. The maximum absolute atomic E-state index is 12.3. The molecule has 0 radical (unpaired) electrons. The molecule has 102 valence electrons. The second-order valence-corrected chi connectivity index (χ2v) is 5.47. The van der Waals surface area contributed by atoms with Crippen molar-refractivity contribution in [2.45, 2.75) is 32.1 Å². The fraction of sp³-hybridized carbons (Fsp3) is 0.846. The molecule has 1 N–H and O–H groups in total. The van der Waals surface area contributed by atoms with Crippen LogP contribution in [0.3, 0.4) is 0 Å². The van der Waals surface area contributed by atoms with E-state index in [0.717, 1.165) is 19.3 Å². The fourth-order valence-electron chi connectivity index (χ4n) is 3.18. The molecule has 0 heterocycles. The summed E-state index contributed by atoms with van der Waals surface area (Å²) in [6, 6.07) is 0. The first-order chi connectivity index (χ1) is 8.59. The van der Waals surface area contributed by atoms with E-state index in [9.17, 15) is 9.59 Å². The van der Waals surface area contributed by atoms with Gasteiger partial charge in [0.1, 0.15) is 6.54 Å². The van der Waals surface area contributed by atoms with Gasteiger partial charge < -0.3 is 14.7 Å². The highest BCUT2D eigenvalue weighted by molar-refractivity contribution is 5.86. The van der Waals surface area contributed by atoms with Gasteiger partial charge in [0.05, 0.1) is 6.61 Å². The van der Waals surface area contributed by atoms with E-state index in [-0.39, 0.29) is 23.8 Å². The van der Waals surface area contributed by atoms with Crippen LogP contribution in [-0.2, 0) is 14.3 Å². The van der Waals surface area contributed by atoms with Gasteiger partial charge in [0.15, 0.2) is 0 Å². The predicted octanol–water partition coefficient (Wildman–Crippen LogP) is 1.13. The van der Waals surface area contributed by atoms with E-state index in [1.807, 2.05) is 0 Å². The minimum atomic E-state index is -0.958. The lowest BCUT2D eigenvalue weighted by Gasteiger charge is -2.21. The first-order valence-electron chi connectivity index (χ1n) is 6.58. The summed E-state index contributed by atoms with van der Waals surface area (Å²) in [5.74, 6) is -0.881. The standard InChI is InChI=1S/C13H21NO4/c1-18-7-6-14(9-11(15)16)12(17)10-8-13(10)4-2-3-5-13/h10H,2-9H2,1H3,(H,15,16)/t10-/m0/s1. The maximum atomic E-state index is 12.3. The third kappa shape index (κ3) is 2.66. The van der Waals surface area contributed by atoms with E-state index < -0.39 is 5.97 Å². The average Bonchev–Trinajstić information content (AvgIpc) is 2.81. The smallest absolute Gasteiger partial charge is 0.323 e. The van der Waals surface area contributed by atoms with E-state index in [1.54, 1.807) is 7.11 Å². The molecule has 0 saturated heterocycles. The fourth-order valence-corrected chi connectivity index (χ4v) is 3.18. The predicted molar refractivity (Wildman–Crippen MR) is 65.1 cm³/mol. The Morgan fingerprint density at radius 2 is 2.06 bits per heavy atom. The highest BCUT2D eigenvalue weighted by Crippen LogP contribution is 2.63. The van der Waals surface area contributed by atoms with E-state index in [2.05, 4.69) is 0 Å². The quantitative estimate of drug-likeness (QED) is 0.772. The van der Waals surface area contributed by atoms with Crippen LogP contribution in [0.25, 0.3) is 0 Å². The third-order valence-electron chi connectivity index (χ3n) is 4.29. The molecule has 2 rings (SSSR count). The number of hydrogen-bond donors (Lipinski definition) is 1. The number of hydrogen-bond acceptors (Lipinski definition) is 3. The van der Waals surface area contributed by atoms with Gasteiger partial charge in [0.25, 0.3) is 0 Å². The normalized spacial score (nSPS) is 24.2. The zero-order valence-electron chi connectivity index (χ0n) is 10.9. The summed E-state index contributed by atoms with van der Waals surface area (Å²) in [7, 11) is 1.55. The Morgan fingerprint density at radius 1 is 1.39 bits per heavy atom. The van der Waals surface area contributed by atoms with Crippen molar-refractivity contribution in [3.63, 3.8) is 0 Å². The van der Waals surface area contributed by atoms with Gasteiger partial charge in [0, 0.05) is 19.6 Å². The van der Waals surface area contributed by atoms with Gasteiger partial charge in [0.2, 0.25) is 5.91 Å². The molecule has 1 spiro atoms. The van der Waals surface area contributed by atoms with Crippen molar-refractivity contribution < 1.29 is 19.4 Å². The largest absolute Gasteiger partial charge is 0.480 e. The van der Waals surface area contributed by atoms with Gasteiger partial charge >= 0.3 is 5.97 Å². The molecular formula is C13H21NO4. The van der Waals surface area contributed by atoms with Crippen LogP contribution in [0.1, 0.15) is 32.1 Å². The number of rotatable bonds is 6. The Morgan fingerprint density at radius 3 is 2.61 bits per heavy atom. The van der Waals surface area contributed by atoms with E-state index in [4.69, 9.17) is 9.84 Å². The molecule has 2 fully saturated rings. The SMILES string of the molecule is COCCN(CC(=O)O)C(=O)[C@@H]1CC12CCCC2. The topological polar surface area (TPSA) is 66.8 Å². The summed E-state index contributed by atoms with van der Waals surface area (Å²) < 4.78 is 4.93. The lowest BCUT2D eigenvalue weighted by atomic mass is 10.0. The van der Waals surface area contributed by atoms with Crippen molar-refractivity contribution in [3.8, 4) is 0 Å². The third-order valence-corrected chi connectivity index (χ3v) is 4.29. The number of ether oxygens (including phenoxy) is 1. The van der Waals surface area contributed by atoms with Gasteiger partial charge in [-0.05, 0) is 24.7 Å². The van der Waals surface area contributed by atoms with Gasteiger partial charge in [-0.1, -0.05) is 12.8 Å². The molecule has 5 nitrogen and oxygen atoms in total. The number of aliphatic carboxylic acids is 1. The lowest BCUT2D eigenvalue weighted by Crippen LogP contribution is -2.39. The van der Waals surface area contributed by atoms with Crippen molar-refractivity contribution in [2.75, 3.05) is 26.8 Å². The van der Waals surface area contributed by atoms with Crippen LogP contribution in [0.5, 0.6) is 0 Å². The van der Waals surface area contributed by atoms with Gasteiger partial charge in [-0.2, -0.15) is 0 Å². The van der Waals surface area contributed by atoms with E-state index >= 15 is 0 Å². The van der Waals surface area contributed by atoms with Crippen molar-refractivity contribution in [2.24, 2.45) is 11.3 Å². The van der Waals surface area contributed by atoms with E-state index in [0.29, 0.717) is 13.2 Å². The first-order valence-corrected chi connectivity index (χ1v) is 6.58. The number of carboxylic acids is 1. The van der Waals surface area contributed by atoms with Crippen LogP contribution >= 0.6 is 0 Å². The average molecular weight is 255 g/mol. The highest BCUT2D eigenvalue weighted by Gasteiger charge is 2.59. The van der Waals surface area contributed by atoms with Crippen LogP contribution < -0.4 is 0 Å². The summed E-state index contributed by atoms with van der Waals surface area (Å²) >= 11 is 0. The maximum Gasteiger partial charge on any atom is 0.323 e. The van der Waals surface area contributed by atoms with Crippen LogP contribution in [0.4, 0.5) is 0 Å². The van der Waals surface area contributed by atoms with Crippen molar-refractivity contribution in [3.05, 3.63) is 0 Å². The number of carboxylic acid groups (broad SMARTS) is 1. The Labute approximate surface area is 107 Å². The molecule has 0 unspecified atom stereocenters. The molecule has 0 aromatic heterocycles. The Kier molecular flexibility index (Phi) is 3.90. The molecule has 5 heteroatoms. The van der Waals surface area contributed by atoms with Gasteiger partial charge in [-0.3, -0.25) is 9.59 Å². The Bertz CT molecular complexity index is 336. The zero-order chi connectivity index (χ0) is 13.2. The molecule has 18 heavy (non-hydrogen) atoms. The molecule has 2 aliphatic carbocycles. The van der Waals surface area contributed by atoms with Crippen LogP contribution in [0, 0.1) is 11.3 Å². The molecule has 2 aliphatic rings. The van der Waals surface area contributed by atoms with Crippen molar-refractivity contribution in [1.29, 1.82) is 0 Å². The molecule has 1 atom stereocenters. The first kappa shape index (κ1) is 13.3. The van der Waals surface area contributed by atoms with E-state index in [1.165, 1.54) is 17.7 Å². The summed E-state index contributed by atoms with van der Waals surface area (Å²) in [5.41, 5.74) is 0.223. The molecule has 0 aromatic rings. The monoisotopic (exact) mass is 255 g/mol. The Balaban J connectivity index is 1.93. The molecule has 0 aliphatic heterocycles. The molecule has 1 amide bonds. The Hall–Kier alpha value is -1.10. The summed E-state index contributed by atoms with van der Waals surface area (Å²) in [4.78, 5) is 24.5. The number of carbonyl (C=O) groups excluding carboxylic acids is 1.